The molecule has 0 amide bonds. The lowest BCUT2D eigenvalue weighted by Crippen LogP contribution is -2.37. The van der Waals surface area contributed by atoms with E-state index in [1.54, 1.807) is 25.8 Å². The standard InChI is InChI=1S/C14H18N4O2/c1-19-14(4-6-20-9-14)8-18-10-16-7-12(18)11-3-2-5-17-13(11)15/h2-3,5,7,10H,4,6,8-9H2,1H3,(H2,15,17). The molecule has 1 unspecified atom stereocenters. The molecule has 1 aliphatic rings. The molecule has 0 saturated carbocycles. The van der Waals surface area contributed by atoms with Crippen LogP contribution in [-0.2, 0) is 16.0 Å². The van der Waals surface area contributed by atoms with Crippen molar-refractivity contribution in [3.63, 3.8) is 0 Å². The van der Waals surface area contributed by atoms with Gasteiger partial charge in [0.05, 0.1) is 31.4 Å². The van der Waals surface area contributed by atoms with E-state index in [0.717, 1.165) is 24.3 Å². The SMILES string of the molecule is COC1(Cn2cncc2-c2cccnc2N)CCOC1. The van der Waals surface area contributed by atoms with E-state index in [2.05, 4.69) is 9.97 Å². The van der Waals surface area contributed by atoms with E-state index >= 15 is 0 Å². The third-order valence-corrected chi connectivity index (χ3v) is 3.79. The molecule has 2 N–H and O–H groups in total. The molecular weight excluding hydrogens is 256 g/mol. The van der Waals surface area contributed by atoms with Crippen molar-refractivity contribution in [1.82, 2.24) is 14.5 Å². The molecule has 2 aromatic heterocycles. The highest BCUT2D eigenvalue weighted by atomic mass is 16.5. The van der Waals surface area contributed by atoms with Crippen molar-refractivity contribution >= 4 is 5.82 Å². The fraction of sp³-hybridized carbons (Fsp3) is 0.429. The smallest absolute Gasteiger partial charge is 0.132 e. The number of ether oxygens (including phenoxy) is 2. The van der Waals surface area contributed by atoms with E-state index in [-0.39, 0.29) is 5.60 Å². The molecule has 3 heterocycles. The summed E-state index contributed by atoms with van der Waals surface area (Å²) in [6, 6.07) is 3.81. The Bertz CT molecular complexity index is 590. The number of hydrogen-bond acceptors (Lipinski definition) is 5. The molecule has 1 saturated heterocycles. The van der Waals surface area contributed by atoms with E-state index in [4.69, 9.17) is 15.2 Å². The minimum atomic E-state index is -0.285. The van der Waals surface area contributed by atoms with Gasteiger partial charge in [0.2, 0.25) is 0 Å². The molecule has 20 heavy (non-hydrogen) atoms. The first-order chi connectivity index (χ1) is 9.74. The van der Waals surface area contributed by atoms with Gasteiger partial charge in [-0.15, -0.1) is 0 Å². The van der Waals surface area contributed by atoms with E-state index in [0.29, 0.717) is 19.0 Å². The summed E-state index contributed by atoms with van der Waals surface area (Å²) in [4.78, 5) is 8.36. The molecule has 0 radical (unpaired) electrons. The fourth-order valence-electron chi connectivity index (χ4n) is 2.55. The van der Waals surface area contributed by atoms with Crippen LogP contribution in [0.4, 0.5) is 5.82 Å². The van der Waals surface area contributed by atoms with Crippen LogP contribution in [0.3, 0.4) is 0 Å². The number of nitrogen functional groups attached to an aromatic ring is 1. The zero-order valence-corrected chi connectivity index (χ0v) is 11.5. The van der Waals surface area contributed by atoms with E-state index in [9.17, 15) is 0 Å². The molecule has 106 valence electrons. The molecule has 1 fully saturated rings. The van der Waals surface area contributed by atoms with E-state index in [1.807, 2.05) is 16.7 Å². The monoisotopic (exact) mass is 274 g/mol. The molecule has 2 aromatic rings. The maximum Gasteiger partial charge on any atom is 0.132 e. The van der Waals surface area contributed by atoms with Crippen LogP contribution < -0.4 is 5.73 Å². The fourth-order valence-corrected chi connectivity index (χ4v) is 2.55. The van der Waals surface area contributed by atoms with Crippen molar-refractivity contribution in [1.29, 1.82) is 0 Å². The maximum absolute atomic E-state index is 5.95. The highest BCUT2D eigenvalue weighted by Gasteiger charge is 2.35. The number of aromatic nitrogens is 3. The summed E-state index contributed by atoms with van der Waals surface area (Å²) >= 11 is 0. The number of pyridine rings is 1. The summed E-state index contributed by atoms with van der Waals surface area (Å²) < 4.78 is 13.2. The van der Waals surface area contributed by atoms with Gasteiger partial charge in [0.15, 0.2) is 0 Å². The molecule has 0 aromatic carbocycles. The Morgan fingerprint density at radius 3 is 3.15 bits per heavy atom. The summed E-state index contributed by atoms with van der Waals surface area (Å²) in [5, 5.41) is 0. The van der Waals surface area contributed by atoms with Crippen molar-refractivity contribution in [3.8, 4) is 11.3 Å². The lowest BCUT2D eigenvalue weighted by atomic mass is 10.0. The minimum absolute atomic E-state index is 0.285. The van der Waals surface area contributed by atoms with E-state index < -0.39 is 0 Å². The van der Waals surface area contributed by atoms with Gasteiger partial charge in [-0.25, -0.2) is 9.97 Å². The van der Waals surface area contributed by atoms with Gasteiger partial charge in [0, 0.05) is 31.9 Å². The highest BCUT2D eigenvalue weighted by Crippen LogP contribution is 2.29. The van der Waals surface area contributed by atoms with Gasteiger partial charge in [-0.2, -0.15) is 0 Å². The van der Waals surface area contributed by atoms with Crippen LogP contribution in [0.5, 0.6) is 0 Å². The molecule has 0 spiro atoms. The van der Waals surface area contributed by atoms with Crippen LogP contribution in [0.1, 0.15) is 6.42 Å². The van der Waals surface area contributed by atoms with Crippen LogP contribution in [0.15, 0.2) is 30.9 Å². The lowest BCUT2D eigenvalue weighted by molar-refractivity contribution is -0.0292. The molecule has 0 aliphatic carbocycles. The Labute approximate surface area is 117 Å². The summed E-state index contributed by atoms with van der Waals surface area (Å²) in [6.45, 7) is 2.02. The number of rotatable bonds is 4. The Morgan fingerprint density at radius 2 is 2.45 bits per heavy atom. The Kier molecular flexibility index (Phi) is 3.42. The van der Waals surface area contributed by atoms with Gasteiger partial charge in [0.1, 0.15) is 11.4 Å². The zero-order chi connectivity index (χ0) is 14.0. The third kappa shape index (κ3) is 2.28. The Balaban J connectivity index is 1.93. The summed E-state index contributed by atoms with van der Waals surface area (Å²) in [5.41, 5.74) is 7.49. The van der Waals surface area contributed by atoms with Crippen LogP contribution in [0.25, 0.3) is 11.3 Å². The van der Waals surface area contributed by atoms with Gasteiger partial charge in [-0.3, -0.25) is 0 Å². The van der Waals surface area contributed by atoms with Crippen LogP contribution in [0.2, 0.25) is 0 Å². The Hall–Kier alpha value is -1.92. The first-order valence-electron chi connectivity index (χ1n) is 6.58. The van der Waals surface area contributed by atoms with Gasteiger partial charge >= 0.3 is 0 Å². The summed E-state index contributed by atoms with van der Waals surface area (Å²) in [6.07, 6.45) is 6.15. The second-order valence-electron chi connectivity index (χ2n) is 5.03. The second kappa shape index (κ2) is 5.22. The first kappa shape index (κ1) is 13.1. The largest absolute Gasteiger partial charge is 0.383 e. The summed E-state index contributed by atoms with van der Waals surface area (Å²) in [7, 11) is 1.73. The normalized spacial score (nSPS) is 22.2. The number of hydrogen-bond donors (Lipinski definition) is 1. The third-order valence-electron chi connectivity index (χ3n) is 3.79. The minimum Gasteiger partial charge on any atom is -0.383 e. The van der Waals surface area contributed by atoms with Crippen molar-refractivity contribution in [2.24, 2.45) is 0 Å². The molecule has 1 aliphatic heterocycles. The van der Waals surface area contributed by atoms with Crippen molar-refractivity contribution < 1.29 is 9.47 Å². The average molecular weight is 274 g/mol. The van der Waals surface area contributed by atoms with E-state index in [1.165, 1.54) is 0 Å². The number of anilines is 1. The van der Waals surface area contributed by atoms with Crippen molar-refractivity contribution in [2.75, 3.05) is 26.1 Å². The molecule has 6 heteroatoms. The lowest BCUT2D eigenvalue weighted by Gasteiger charge is -2.27. The topological polar surface area (TPSA) is 75.2 Å². The van der Waals surface area contributed by atoms with Gasteiger partial charge in [-0.05, 0) is 12.1 Å². The summed E-state index contributed by atoms with van der Waals surface area (Å²) in [5.74, 6) is 0.503. The molecule has 3 rings (SSSR count). The molecule has 6 nitrogen and oxygen atoms in total. The quantitative estimate of drug-likeness (QED) is 0.910. The van der Waals surface area contributed by atoms with Gasteiger partial charge in [-0.1, -0.05) is 0 Å². The van der Waals surface area contributed by atoms with Crippen LogP contribution in [0, 0.1) is 0 Å². The highest BCUT2D eigenvalue weighted by molar-refractivity contribution is 5.70. The van der Waals surface area contributed by atoms with Gasteiger partial charge in [0.25, 0.3) is 0 Å². The second-order valence-corrected chi connectivity index (χ2v) is 5.03. The van der Waals surface area contributed by atoms with Crippen LogP contribution >= 0.6 is 0 Å². The predicted molar refractivity (Wildman–Crippen MR) is 75.0 cm³/mol. The molecular formula is C14H18N4O2. The molecule has 1 atom stereocenters. The number of methoxy groups -OCH3 is 1. The Morgan fingerprint density at radius 1 is 1.55 bits per heavy atom. The average Bonchev–Trinajstić information content (AvgIpc) is 3.10. The maximum atomic E-state index is 5.95. The number of nitrogens with two attached hydrogens (primary N) is 1. The predicted octanol–water partition coefficient (Wildman–Crippen LogP) is 1.33. The van der Waals surface area contributed by atoms with Crippen molar-refractivity contribution in [3.05, 3.63) is 30.9 Å². The van der Waals surface area contributed by atoms with Gasteiger partial charge < -0.3 is 19.8 Å². The van der Waals surface area contributed by atoms with Crippen LogP contribution in [-0.4, -0.2) is 40.5 Å². The number of nitrogens with zero attached hydrogens (tertiary/aromatic N) is 3. The van der Waals surface area contributed by atoms with Crippen molar-refractivity contribution in [2.45, 2.75) is 18.6 Å². The molecule has 0 bridgehead atoms. The number of imidazole rings is 1. The first-order valence-corrected chi connectivity index (χ1v) is 6.58. The zero-order valence-electron chi connectivity index (χ0n) is 11.5.